The number of amides is 1. The maximum Gasteiger partial charge on any atom is 0.244 e. The Morgan fingerprint density at radius 1 is 1.06 bits per heavy atom. The van der Waals surface area contributed by atoms with Crippen LogP contribution in [0.5, 0.6) is 0 Å². The quantitative estimate of drug-likeness (QED) is 0.447. The number of para-hydroxylation sites is 1. The number of pyridine rings is 1. The molecule has 0 aliphatic carbocycles. The van der Waals surface area contributed by atoms with Crippen molar-refractivity contribution in [1.29, 1.82) is 0 Å². The van der Waals surface area contributed by atoms with Gasteiger partial charge in [-0.3, -0.25) is 9.78 Å². The van der Waals surface area contributed by atoms with Crippen molar-refractivity contribution in [1.82, 2.24) is 25.0 Å². The van der Waals surface area contributed by atoms with Crippen LogP contribution < -0.4 is 5.32 Å². The molecule has 3 heterocycles. The number of rotatable bonds is 8. The van der Waals surface area contributed by atoms with Gasteiger partial charge in [0.2, 0.25) is 5.91 Å². The molecule has 0 radical (unpaired) electrons. The Morgan fingerprint density at radius 2 is 1.90 bits per heavy atom. The highest BCUT2D eigenvalue weighted by Crippen LogP contribution is 2.24. The summed E-state index contributed by atoms with van der Waals surface area (Å²) in [6, 6.07) is 13.8. The number of hydrogen-bond donors (Lipinski definition) is 1. The maximum atomic E-state index is 12.3. The van der Waals surface area contributed by atoms with Gasteiger partial charge in [-0.05, 0) is 69.2 Å². The van der Waals surface area contributed by atoms with Crippen LogP contribution >= 0.6 is 0 Å². The maximum absolute atomic E-state index is 12.3. The van der Waals surface area contributed by atoms with Gasteiger partial charge >= 0.3 is 0 Å². The summed E-state index contributed by atoms with van der Waals surface area (Å²) in [5.41, 5.74) is 3.56. The molecule has 4 rings (SSSR count). The number of benzene rings is 1. The molecule has 160 valence electrons. The van der Waals surface area contributed by atoms with Gasteiger partial charge in [-0.1, -0.05) is 24.6 Å². The van der Waals surface area contributed by atoms with E-state index in [0.29, 0.717) is 6.54 Å². The van der Waals surface area contributed by atoms with Gasteiger partial charge in [0.05, 0.1) is 5.69 Å². The van der Waals surface area contributed by atoms with Gasteiger partial charge in [-0.15, -0.1) is 0 Å². The van der Waals surface area contributed by atoms with Gasteiger partial charge in [0.25, 0.3) is 0 Å². The van der Waals surface area contributed by atoms with E-state index < -0.39 is 0 Å². The minimum atomic E-state index is -0.0803. The molecule has 0 atom stereocenters. The topological polar surface area (TPSA) is 63.1 Å². The number of carbonyl (C=O) groups is 1. The SMILES string of the molecule is O=C(/C=C/c1cn(-c2ccccc2)nc1-c1cccnc1)NCCCN1CCCCC1. The molecule has 1 aromatic carbocycles. The average molecular weight is 416 g/mol. The molecular formula is C25H29N5O. The van der Waals surface area contributed by atoms with E-state index in [4.69, 9.17) is 5.10 Å². The molecule has 0 unspecified atom stereocenters. The molecule has 0 bridgehead atoms. The number of aromatic nitrogens is 3. The lowest BCUT2D eigenvalue weighted by molar-refractivity contribution is -0.116. The van der Waals surface area contributed by atoms with Crippen LogP contribution in [0.3, 0.4) is 0 Å². The number of nitrogens with zero attached hydrogens (tertiary/aromatic N) is 4. The molecular weight excluding hydrogens is 386 g/mol. The van der Waals surface area contributed by atoms with Crippen molar-refractivity contribution >= 4 is 12.0 Å². The first-order valence-electron chi connectivity index (χ1n) is 11.0. The van der Waals surface area contributed by atoms with Crippen molar-refractivity contribution in [3.05, 3.63) is 72.7 Å². The van der Waals surface area contributed by atoms with E-state index in [2.05, 4.69) is 15.2 Å². The molecule has 0 saturated carbocycles. The third kappa shape index (κ3) is 5.89. The Morgan fingerprint density at radius 3 is 2.68 bits per heavy atom. The van der Waals surface area contributed by atoms with Crippen molar-refractivity contribution in [2.75, 3.05) is 26.2 Å². The average Bonchev–Trinajstić information content (AvgIpc) is 3.27. The van der Waals surface area contributed by atoms with Crippen LogP contribution in [0.1, 0.15) is 31.2 Å². The van der Waals surface area contributed by atoms with Gasteiger partial charge in [-0.25, -0.2) is 4.68 Å². The van der Waals surface area contributed by atoms with E-state index >= 15 is 0 Å². The molecule has 2 aromatic heterocycles. The molecule has 1 saturated heterocycles. The van der Waals surface area contributed by atoms with E-state index in [1.54, 1.807) is 18.5 Å². The summed E-state index contributed by atoms with van der Waals surface area (Å²) < 4.78 is 1.83. The molecule has 1 amide bonds. The Labute approximate surface area is 183 Å². The molecule has 31 heavy (non-hydrogen) atoms. The molecule has 1 fully saturated rings. The first kappa shape index (κ1) is 21.0. The highest BCUT2D eigenvalue weighted by molar-refractivity contribution is 5.92. The van der Waals surface area contributed by atoms with Gasteiger partial charge in [0, 0.05) is 42.3 Å². The molecule has 6 heteroatoms. The standard InChI is InChI=1S/C25H29N5O/c31-24(27-15-8-18-29-16-5-2-6-17-29)13-12-22-20-30(23-10-3-1-4-11-23)28-25(22)21-9-7-14-26-19-21/h1,3-4,7,9-14,19-20H,2,5-6,8,15-18H2,(H,27,31)/b13-12+. The van der Waals surface area contributed by atoms with Crippen molar-refractivity contribution in [3.63, 3.8) is 0 Å². The van der Waals surface area contributed by atoms with Crippen LogP contribution in [0.4, 0.5) is 0 Å². The van der Waals surface area contributed by atoms with Gasteiger partial charge in [0.15, 0.2) is 0 Å². The van der Waals surface area contributed by atoms with E-state index in [1.165, 1.54) is 32.4 Å². The molecule has 1 aliphatic rings. The number of nitrogens with one attached hydrogen (secondary N) is 1. The van der Waals surface area contributed by atoms with E-state index in [9.17, 15) is 4.79 Å². The highest BCUT2D eigenvalue weighted by Gasteiger charge is 2.11. The predicted molar refractivity (Wildman–Crippen MR) is 124 cm³/mol. The van der Waals surface area contributed by atoms with E-state index in [-0.39, 0.29) is 5.91 Å². The molecule has 1 aliphatic heterocycles. The first-order chi connectivity index (χ1) is 15.3. The van der Waals surface area contributed by atoms with Crippen LogP contribution in [0.25, 0.3) is 23.0 Å². The van der Waals surface area contributed by atoms with Crippen LogP contribution in [-0.4, -0.2) is 51.8 Å². The molecule has 6 nitrogen and oxygen atoms in total. The van der Waals surface area contributed by atoms with Crippen molar-refractivity contribution < 1.29 is 4.79 Å². The summed E-state index contributed by atoms with van der Waals surface area (Å²) in [4.78, 5) is 19.0. The third-order valence-corrected chi connectivity index (χ3v) is 5.51. The fraction of sp³-hybridized carbons (Fsp3) is 0.320. The molecule has 3 aromatic rings. The number of likely N-dealkylation sites (tertiary alicyclic amines) is 1. The Balaban J connectivity index is 1.41. The normalized spacial score (nSPS) is 14.7. The zero-order valence-corrected chi connectivity index (χ0v) is 17.8. The van der Waals surface area contributed by atoms with Crippen molar-refractivity contribution in [3.8, 4) is 16.9 Å². The zero-order valence-electron chi connectivity index (χ0n) is 17.8. The lowest BCUT2D eigenvalue weighted by Gasteiger charge is -2.26. The Kier molecular flexibility index (Phi) is 7.24. The first-order valence-corrected chi connectivity index (χ1v) is 11.0. The monoisotopic (exact) mass is 415 g/mol. The second kappa shape index (κ2) is 10.7. The highest BCUT2D eigenvalue weighted by atomic mass is 16.1. The summed E-state index contributed by atoms with van der Waals surface area (Å²) in [5.74, 6) is -0.0803. The second-order valence-corrected chi connectivity index (χ2v) is 7.84. The fourth-order valence-electron chi connectivity index (χ4n) is 3.87. The van der Waals surface area contributed by atoms with Gasteiger partial charge in [-0.2, -0.15) is 5.10 Å². The predicted octanol–water partition coefficient (Wildman–Crippen LogP) is 3.94. The lowest BCUT2D eigenvalue weighted by Crippen LogP contribution is -2.33. The second-order valence-electron chi connectivity index (χ2n) is 7.84. The summed E-state index contributed by atoms with van der Waals surface area (Å²) in [5, 5.41) is 7.74. The number of piperidine rings is 1. The van der Waals surface area contributed by atoms with Crippen LogP contribution in [0.2, 0.25) is 0 Å². The summed E-state index contributed by atoms with van der Waals surface area (Å²) >= 11 is 0. The van der Waals surface area contributed by atoms with Crippen LogP contribution in [0.15, 0.2) is 67.1 Å². The Hall–Kier alpha value is -3.25. The summed E-state index contributed by atoms with van der Waals surface area (Å²) in [7, 11) is 0. The minimum absolute atomic E-state index is 0.0803. The lowest BCUT2D eigenvalue weighted by atomic mass is 10.1. The Bertz CT molecular complexity index is 991. The van der Waals surface area contributed by atoms with Crippen LogP contribution in [0, 0.1) is 0 Å². The minimum Gasteiger partial charge on any atom is -0.353 e. The smallest absolute Gasteiger partial charge is 0.244 e. The summed E-state index contributed by atoms with van der Waals surface area (Å²) in [6.07, 6.45) is 13.8. The number of carbonyl (C=O) groups excluding carboxylic acids is 1. The van der Waals surface area contributed by atoms with E-state index in [0.717, 1.165) is 35.5 Å². The zero-order chi connectivity index (χ0) is 21.3. The van der Waals surface area contributed by atoms with Crippen LogP contribution in [-0.2, 0) is 4.79 Å². The fourth-order valence-corrected chi connectivity index (χ4v) is 3.87. The van der Waals surface area contributed by atoms with Crippen molar-refractivity contribution in [2.24, 2.45) is 0 Å². The van der Waals surface area contributed by atoms with E-state index in [1.807, 2.05) is 59.4 Å². The van der Waals surface area contributed by atoms with Gasteiger partial charge in [0.1, 0.15) is 5.69 Å². The third-order valence-electron chi connectivity index (χ3n) is 5.51. The molecule has 0 spiro atoms. The largest absolute Gasteiger partial charge is 0.353 e. The van der Waals surface area contributed by atoms with Gasteiger partial charge < -0.3 is 10.2 Å². The summed E-state index contributed by atoms with van der Waals surface area (Å²) in [6.45, 7) is 4.13. The molecule has 1 N–H and O–H groups in total. The van der Waals surface area contributed by atoms with Crippen molar-refractivity contribution in [2.45, 2.75) is 25.7 Å². The number of hydrogen-bond acceptors (Lipinski definition) is 4.